The van der Waals surface area contributed by atoms with Crippen LogP contribution in [0.3, 0.4) is 0 Å². The van der Waals surface area contributed by atoms with Gasteiger partial charge in [0.2, 0.25) is 0 Å². The van der Waals surface area contributed by atoms with Crippen molar-refractivity contribution < 1.29 is 14.3 Å². The number of aliphatic carboxylic acids is 1. The number of aromatic nitrogens is 2. The molecule has 0 saturated carbocycles. The van der Waals surface area contributed by atoms with Crippen LogP contribution in [0.2, 0.25) is 5.02 Å². The van der Waals surface area contributed by atoms with Crippen LogP contribution in [0, 0.1) is 5.82 Å². The Labute approximate surface area is 200 Å². The van der Waals surface area contributed by atoms with Crippen LogP contribution in [0.1, 0.15) is 16.7 Å². The number of aromatic amines is 1. The van der Waals surface area contributed by atoms with E-state index in [9.17, 15) is 14.3 Å². The van der Waals surface area contributed by atoms with Crippen LogP contribution in [0.15, 0.2) is 79.1 Å². The molecule has 0 radical (unpaired) electrons. The molecule has 3 aromatic carbocycles. The van der Waals surface area contributed by atoms with Crippen LogP contribution in [-0.2, 0) is 24.3 Å². The molecule has 0 unspecified atom stereocenters. The van der Waals surface area contributed by atoms with E-state index in [0.29, 0.717) is 23.6 Å². The molecule has 0 aliphatic heterocycles. The van der Waals surface area contributed by atoms with Gasteiger partial charge < -0.3 is 14.7 Å². The highest BCUT2D eigenvalue weighted by atomic mass is 35.5. The second-order valence-corrected chi connectivity index (χ2v) is 8.74. The zero-order chi connectivity index (χ0) is 23.7. The van der Waals surface area contributed by atoms with E-state index in [4.69, 9.17) is 11.6 Å². The summed E-state index contributed by atoms with van der Waals surface area (Å²) < 4.78 is 16.3. The molecule has 0 bridgehead atoms. The van der Waals surface area contributed by atoms with Crippen LogP contribution < -0.4 is 5.32 Å². The van der Waals surface area contributed by atoms with E-state index >= 15 is 0 Å². The number of para-hydroxylation sites is 2. The molecule has 0 fully saturated rings. The molecule has 3 N–H and O–H groups in total. The van der Waals surface area contributed by atoms with E-state index < -0.39 is 12.0 Å². The van der Waals surface area contributed by atoms with E-state index in [1.54, 1.807) is 12.1 Å². The average Bonchev–Trinajstić information content (AvgIpc) is 3.40. The lowest BCUT2D eigenvalue weighted by molar-refractivity contribution is -0.139. The standard InChI is InChI=1S/C27H23ClFN3O2/c28-22-8-5-9-23(29)21(22)16-32-15-18(20-7-2-4-11-26(20)32)14-31-25(27(33)34)12-17-13-30-24-10-3-1-6-19(17)24/h1-11,13,15,25,30-31H,12,14,16H2,(H,33,34)/t25-/m0/s1. The Hall–Kier alpha value is -3.61. The molecule has 5 aromatic rings. The van der Waals surface area contributed by atoms with Crippen molar-refractivity contribution in [1.29, 1.82) is 0 Å². The van der Waals surface area contributed by atoms with Crippen LogP contribution in [-0.4, -0.2) is 26.7 Å². The molecule has 2 heterocycles. The predicted molar refractivity (Wildman–Crippen MR) is 133 cm³/mol. The number of nitrogens with one attached hydrogen (secondary N) is 2. The highest BCUT2D eigenvalue weighted by molar-refractivity contribution is 6.31. The fourth-order valence-corrected chi connectivity index (χ4v) is 4.67. The summed E-state index contributed by atoms with van der Waals surface area (Å²) in [6.07, 6.45) is 4.15. The molecule has 0 amide bonds. The van der Waals surface area contributed by atoms with Crippen LogP contribution in [0.4, 0.5) is 4.39 Å². The van der Waals surface area contributed by atoms with E-state index in [1.807, 2.05) is 65.5 Å². The Kier molecular flexibility index (Phi) is 6.09. The molecule has 0 aliphatic carbocycles. The van der Waals surface area contributed by atoms with Gasteiger partial charge in [-0.3, -0.25) is 10.1 Å². The fourth-order valence-electron chi connectivity index (χ4n) is 4.45. The quantitative estimate of drug-likeness (QED) is 0.267. The number of hydrogen-bond donors (Lipinski definition) is 3. The lowest BCUT2D eigenvalue weighted by Gasteiger charge is -2.14. The highest BCUT2D eigenvalue weighted by Gasteiger charge is 2.20. The first-order valence-electron chi connectivity index (χ1n) is 11.0. The van der Waals surface area contributed by atoms with Crippen molar-refractivity contribution in [2.75, 3.05) is 0 Å². The minimum atomic E-state index is -0.910. The van der Waals surface area contributed by atoms with Gasteiger partial charge in [-0.05, 0) is 35.4 Å². The first kappa shape index (κ1) is 22.2. The van der Waals surface area contributed by atoms with Gasteiger partial charge in [0.25, 0.3) is 0 Å². The zero-order valence-corrected chi connectivity index (χ0v) is 19.0. The number of carboxylic acid groups (broad SMARTS) is 1. The molecule has 0 spiro atoms. The molecule has 5 rings (SSSR count). The van der Waals surface area contributed by atoms with Crippen molar-refractivity contribution in [3.8, 4) is 0 Å². The third-order valence-electron chi connectivity index (χ3n) is 6.20. The maximum Gasteiger partial charge on any atom is 0.321 e. The molecule has 2 aromatic heterocycles. The van der Waals surface area contributed by atoms with E-state index in [1.165, 1.54) is 6.07 Å². The van der Waals surface area contributed by atoms with Crippen molar-refractivity contribution in [2.45, 2.75) is 25.6 Å². The summed E-state index contributed by atoms with van der Waals surface area (Å²) >= 11 is 6.25. The number of H-pyrrole nitrogens is 1. The van der Waals surface area contributed by atoms with Gasteiger partial charge >= 0.3 is 5.97 Å². The van der Waals surface area contributed by atoms with Gasteiger partial charge in [0.15, 0.2) is 0 Å². The second-order valence-electron chi connectivity index (χ2n) is 8.33. The van der Waals surface area contributed by atoms with Crippen molar-refractivity contribution >= 4 is 39.4 Å². The van der Waals surface area contributed by atoms with Gasteiger partial charge in [-0.1, -0.05) is 54.1 Å². The second kappa shape index (κ2) is 9.33. The van der Waals surface area contributed by atoms with Crippen molar-refractivity contribution in [1.82, 2.24) is 14.9 Å². The molecular weight excluding hydrogens is 453 g/mol. The predicted octanol–water partition coefficient (Wildman–Crippen LogP) is 5.75. The summed E-state index contributed by atoms with van der Waals surface area (Å²) in [4.78, 5) is 15.2. The Balaban J connectivity index is 1.40. The number of halogens is 2. The topological polar surface area (TPSA) is 70.0 Å². The summed E-state index contributed by atoms with van der Waals surface area (Å²) in [5.41, 5.74) is 4.23. The van der Waals surface area contributed by atoms with Crippen molar-refractivity contribution in [3.05, 3.63) is 107 Å². The van der Waals surface area contributed by atoms with Crippen LogP contribution in [0.5, 0.6) is 0 Å². The molecule has 0 saturated heterocycles. The maximum atomic E-state index is 14.4. The first-order chi connectivity index (χ1) is 16.5. The summed E-state index contributed by atoms with van der Waals surface area (Å²) in [5.74, 6) is -1.26. The monoisotopic (exact) mass is 475 g/mol. The Morgan fingerprint density at radius 1 is 1.03 bits per heavy atom. The number of benzene rings is 3. The number of hydrogen-bond acceptors (Lipinski definition) is 2. The molecule has 0 aliphatic rings. The van der Waals surface area contributed by atoms with E-state index in [2.05, 4.69) is 10.3 Å². The van der Waals surface area contributed by atoms with E-state index in [-0.39, 0.29) is 12.4 Å². The minimum absolute atomic E-state index is 0.281. The smallest absolute Gasteiger partial charge is 0.321 e. The summed E-state index contributed by atoms with van der Waals surface area (Å²) in [5, 5.41) is 15.4. The summed E-state index contributed by atoms with van der Waals surface area (Å²) in [6.45, 7) is 0.640. The average molecular weight is 476 g/mol. The lowest BCUT2D eigenvalue weighted by atomic mass is 10.0. The molecule has 5 nitrogen and oxygen atoms in total. The largest absolute Gasteiger partial charge is 0.480 e. The van der Waals surface area contributed by atoms with Crippen molar-refractivity contribution in [2.24, 2.45) is 0 Å². The van der Waals surface area contributed by atoms with Gasteiger partial charge in [0.05, 0.1) is 6.54 Å². The van der Waals surface area contributed by atoms with Gasteiger partial charge in [0.1, 0.15) is 11.9 Å². The molecule has 1 atom stereocenters. The van der Waals surface area contributed by atoms with Gasteiger partial charge in [-0.25, -0.2) is 4.39 Å². The normalized spacial score (nSPS) is 12.4. The van der Waals surface area contributed by atoms with Gasteiger partial charge in [-0.2, -0.15) is 0 Å². The fraction of sp³-hybridized carbons (Fsp3) is 0.148. The first-order valence-corrected chi connectivity index (χ1v) is 11.4. The molecule has 7 heteroatoms. The summed E-state index contributed by atoms with van der Waals surface area (Å²) in [6, 6.07) is 19.6. The Bertz CT molecular complexity index is 1470. The van der Waals surface area contributed by atoms with E-state index in [0.717, 1.165) is 32.9 Å². The number of fused-ring (bicyclic) bond motifs is 2. The van der Waals surface area contributed by atoms with Crippen molar-refractivity contribution in [3.63, 3.8) is 0 Å². The third kappa shape index (κ3) is 4.30. The van der Waals surface area contributed by atoms with Gasteiger partial charge in [-0.15, -0.1) is 0 Å². The Morgan fingerprint density at radius 3 is 2.59 bits per heavy atom. The Morgan fingerprint density at radius 2 is 1.79 bits per heavy atom. The molecule has 172 valence electrons. The SMILES string of the molecule is O=C(O)[C@H](Cc1c[nH]c2ccccc12)NCc1cn(Cc2c(F)cccc2Cl)c2ccccc12. The number of rotatable bonds is 8. The summed E-state index contributed by atoms with van der Waals surface area (Å²) in [7, 11) is 0. The number of carbonyl (C=O) groups is 1. The zero-order valence-electron chi connectivity index (χ0n) is 18.3. The maximum absolute atomic E-state index is 14.4. The molecule has 34 heavy (non-hydrogen) atoms. The van der Waals surface area contributed by atoms with Crippen LogP contribution >= 0.6 is 11.6 Å². The van der Waals surface area contributed by atoms with Crippen LogP contribution in [0.25, 0.3) is 21.8 Å². The number of nitrogens with zero attached hydrogens (tertiary/aromatic N) is 1. The lowest BCUT2D eigenvalue weighted by Crippen LogP contribution is -2.38. The third-order valence-corrected chi connectivity index (χ3v) is 6.55. The number of carboxylic acids is 1. The minimum Gasteiger partial charge on any atom is -0.480 e. The molecular formula is C27H23ClFN3O2. The van der Waals surface area contributed by atoms with Gasteiger partial charge in [0, 0.05) is 57.8 Å². The highest BCUT2D eigenvalue weighted by Crippen LogP contribution is 2.26.